The molecule has 3 N–H and O–H groups in total. The number of nitrogens with zero attached hydrogens (tertiary/aromatic N) is 2. The summed E-state index contributed by atoms with van der Waals surface area (Å²) in [6.45, 7) is 9.04. The Hall–Kier alpha value is -3.95. The van der Waals surface area contributed by atoms with Crippen LogP contribution in [0, 0.1) is 5.82 Å². The lowest BCUT2D eigenvalue weighted by atomic mass is 10.2. The molecule has 0 bridgehead atoms. The van der Waals surface area contributed by atoms with Crippen LogP contribution in [0.2, 0.25) is 0 Å². The van der Waals surface area contributed by atoms with Crippen molar-refractivity contribution >= 4 is 28.7 Å². The van der Waals surface area contributed by atoms with Crippen molar-refractivity contribution in [1.29, 1.82) is 0 Å². The van der Waals surface area contributed by atoms with Crippen LogP contribution >= 0.6 is 0 Å². The van der Waals surface area contributed by atoms with E-state index >= 15 is 0 Å². The van der Waals surface area contributed by atoms with Gasteiger partial charge in [-0.05, 0) is 65.0 Å². The molecule has 1 aromatic heterocycles. The molecular formula is C24H28FN5O4. The Labute approximate surface area is 196 Å². The van der Waals surface area contributed by atoms with Crippen molar-refractivity contribution in [3.8, 4) is 5.69 Å². The number of para-hydroxylation sites is 1. The number of urea groups is 1. The van der Waals surface area contributed by atoms with Gasteiger partial charge in [0.25, 0.3) is 5.56 Å². The maximum Gasteiger partial charge on any atom is 0.408 e. The Morgan fingerprint density at radius 3 is 2.56 bits per heavy atom. The number of aromatic nitrogens is 2. The number of hydrogen-bond donors (Lipinski definition) is 3. The highest BCUT2D eigenvalue weighted by Gasteiger charge is 2.23. The van der Waals surface area contributed by atoms with Crippen LogP contribution < -0.4 is 21.5 Å². The smallest absolute Gasteiger partial charge is 0.408 e. The molecule has 3 amide bonds. The second kappa shape index (κ2) is 9.90. The fourth-order valence-electron chi connectivity index (χ4n) is 3.34. The monoisotopic (exact) mass is 469 g/mol. The summed E-state index contributed by atoms with van der Waals surface area (Å²) in [5.74, 6) is -0.553. The van der Waals surface area contributed by atoms with E-state index in [9.17, 15) is 18.8 Å². The minimum atomic E-state index is -0.813. The summed E-state index contributed by atoms with van der Waals surface area (Å²) in [7, 11) is 0. The second-order valence-electron chi connectivity index (χ2n) is 8.65. The van der Waals surface area contributed by atoms with Gasteiger partial charge in [0.05, 0.1) is 17.1 Å². The molecule has 1 atom stereocenters. The number of rotatable bonds is 5. The standard InChI is InChI=1S/C24H28FN5O4/c1-6-26-22(32)28-15-9-7-10-16(13-15)30-20(14(2)27-23(33)34-24(3,4)5)29-19-17(21(30)31)11-8-12-18(19)25/h7-14H,6H2,1-5H3,(H,27,33)(H2,26,28,32)/t14-/m0/s1. The van der Waals surface area contributed by atoms with Gasteiger partial charge >= 0.3 is 12.1 Å². The van der Waals surface area contributed by atoms with Crippen molar-refractivity contribution in [1.82, 2.24) is 20.2 Å². The molecule has 0 radical (unpaired) electrons. The first-order chi connectivity index (χ1) is 16.0. The van der Waals surface area contributed by atoms with Gasteiger partial charge in [0.1, 0.15) is 22.8 Å². The molecule has 0 fully saturated rings. The predicted octanol–water partition coefficient (Wildman–Crippen LogP) is 4.25. The summed E-state index contributed by atoms with van der Waals surface area (Å²) in [6, 6.07) is 9.49. The molecule has 0 saturated carbocycles. The van der Waals surface area contributed by atoms with Crippen LogP contribution in [0.3, 0.4) is 0 Å². The molecule has 34 heavy (non-hydrogen) atoms. The summed E-state index contributed by atoms with van der Waals surface area (Å²) >= 11 is 0. The molecule has 0 aliphatic carbocycles. The van der Waals surface area contributed by atoms with E-state index in [1.54, 1.807) is 58.9 Å². The van der Waals surface area contributed by atoms with Crippen molar-refractivity contribution in [2.75, 3.05) is 11.9 Å². The Morgan fingerprint density at radius 1 is 1.18 bits per heavy atom. The van der Waals surface area contributed by atoms with Crippen molar-refractivity contribution in [3.63, 3.8) is 0 Å². The number of carbonyl (C=O) groups excluding carboxylic acids is 2. The molecule has 10 heteroatoms. The molecule has 0 aliphatic heterocycles. The van der Waals surface area contributed by atoms with Crippen molar-refractivity contribution in [3.05, 3.63) is 64.5 Å². The zero-order valence-corrected chi connectivity index (χ0v) is 19.7. The third-order valence-electron chi connectivity index (χ3n) is 4.70. The fourth-order valence-corrected chi connectivity index (χ4v) is 3.34. The topological polar surface area (TPSA) is 114 Å². The number of benzene rings is 2. The molecular weight excluding hydrogens is 441 g/mol. The third-order valence-corrected chi connectivity index (χ3v) is 4.70. The average molecular weight is 470 g/mol. The summed E-state index contributed by atoms with van der Waals surface area (Å²) in [5.41, 5.74) is -0.536. The highest BCUT2D eigenvalue weighted by molar-refractivity contribution is 5.89. The Bertz CT molecular complexity index is 1280. The van der Waals surface area contributed by atoms with Crippen LogP contribution in [0.15, 0.2) is 47.3 Å². The van der Waals surface area contributed by atoms with Crippen molar-refractivity contribution in [2.24, 2.45) is 0 Å². The molecule has 3 aromatic rings. The van der Waals surface area contributed by atoms with E-state index in [0.29, 0.717) is 17.9 Å². The van der Waals surface area contributed by atoms with Gasteiger partial charge in [0.15, 0.2) is 0 Å². The maximum atomic E-state index is 14.5. The molecule has 9 nitrogen and oxygen atoms in total. The van der Waals surface area contributed by atoms with E-state index < -0.39 is 35.1 Å². The first-order valence-electron chi connectivity index (χ1n) is 10.9. The third kappa shape index (κ3) is 5.69. The minimum absolute atomic E-state index is 0.0790. The molecule has 180 valence electrons. The van der Waals surface area contributed by atoms with E-state index in [4.69, 9.17) is 4.74 Å². The second-order valence-corrected chi connectivity index (χ2v) is 8.65. The van der Waals surface area contributed by atoms with E-state index in [2.05, 4.69) is 20.9 Å². The highest BCUT2D eigenvalue weighted by Crippen LogP contribution is 2.22. The van der Waals surface area contributed by atoms with Gasteiger partial charge in [-0.25, -0.2) is 19.0 Å². The molecule has 0 saturated heterocycles. The van der Waals surface area contributed by atoms with Crippen LogP contribution in [0.1, 0.15) is 46.5 Å². The van der Waals surface area contributed by atoms with Crippen LogP contribution in [0.5, 0.6) is 0 Å². The quantitative estimate of drug-likeness (QED) is 0.517. The normalized spacial score (nSPS) is 12.2. The average Bonchev–Trinajstić information content (AvgIpc) is 2.73. The Kier molecular flexibility index (Phi) is 7.19. The molecule has 0 unspecified atom stereocenters. The number of anilines is 1. The van der Waals surface area contributed by atoms with Crippen molar-refractivity contribution in [2.45, 2.75) is 46.3 Å². The summed E-state index contributed by atoms with van der Waals surface area (Å²) in [5, 5.41) is 8.05. The lowest BCUT2D eigenvalue weighted by molar-refractivity contribution is 0.0505. The number of alkyl carbamates (subject to hydrolysis) is 1. The fraction of sp³-hybridized carbons (Fsp3) is 0.333. The zero-order valence-electron chi connectivity index (χ0n) is 19.7. The first-order valence-corrected chi connectivity index (χ1v) is 10.9. The van der Waals surface area contributed by atoms with E-state index in [1.807, 2.05) is 0 Å². The van der Waals surface area contributed by atoms with Gasteiger partial charge in [-0.2, -0.15) is 0 Å². The number of carbonyl (C=O) groups is 2. The van der Waals surface area contributed by atoms with E-state index in [0.717, 1.165) is 0 Å². The Balaban J connectivity index is 2.13. The number of ether oxygens (including phenoxy) is 1. The van der Waals surface area contributed by atoms with E-state index in [-0.39, 0.29) is 16.7 Å². The lowest BCUT2D eigenvalue weighted by Gasteiger charge is -2.23. The van der Waals surface area contributed by atoms with Gasteiger partial charge in [0, 0.05) is 12.2 Å². The molecule has 0 spiro atoms. The molecule has 3 rings (SSSR count). The van der Waals surface area contributed by atoms with Gasteiger partial charge in [0.2, 0.25) is 0 Å². The van der Waals surface area contributed by atoms with Crippen LogP contribution in [0.4, 0.5) is 19.7 Å². The van der Waals surface area contributed by atoms with Gasteiger partial charge < -0.3 is 20.7 Å². The molecule has 0 aliphatic rings. The molecule has 2 aromatic carbocycles. The number of hydrogen-bond acceptors (Lipinski definition) is 5. The minimum Gasteiger partial charge on any atom is -0.444 e. The molecule has 1 heterocycles. The number of halogens is 1. The van der Waals surface area contributed by atoms with Gasteiger partial charge in [-0.3, -0.25) is 9.36 Å². The maximum absolute atomic E-state index is 14.5. The SMILES string of the molecule is CCNC(=O)Nc1cccc(-n2c([C@H](C)NC(=O)OC(C)(C)C)nc3c(F)cccc3c2=O)c1. The lowest BCUT2D eigenvalue weighted by Crippen LogP contribution is -2.37. The first kappa shape index (κ1) is 24.7. The van der Waals surface area contributed by atoms with Gasteiger partial charge in [-0.1, -0.05) is 12.1 Å². The predicted molar refractivity (Wildman–Crippen MR) is 128 cm³/mol. The number of amides is 3. The van der Waals surface area contributed by atoms with E-state index in [1.165, 1.54) is 22.8 Å². The van der Waals surface area contributed by atoms with Crippen molar-refractivity contribution < 1.29 is 18.7 Å². The number of fused-ring (bicyclic) bond motifs is 1. The van der Waals surface area contributed by atoms with Gasteiger partial charge in [-0.15, -0.1) is 0 Å². The summed E-state index contributed by atoms with van der Waals surface area (Å²) in [4.78, 5) is 42.2. The zero-order chi connectivity index (χ0) is 25.0. The largest absolute Gasteiger partial charge is 0.444 e. The van der Waals surface area contributed by atoms with Crippen LogP contribution in [-0.2, 0) is 4.74 Å². The summed E-state index contributed by atoms with van der Waals surface area (Å²) in [6.07, 6.45) is -0.707. The Morgan fingerprint density at radius 2 is 1.88 bits per heavy atom. The van der Waals surface area contributed by atoms with Crippen LogP contribution in [0.25, 0.3) is 16.6 Å². The number of nitrogens with one attached hydrogen (secondary N) is 3. The van der Waals surface area contributed by atoms with Crippen LogP contribution in [-0.4, -0.2) is 33.8 Å². The highest BCUT2D eigenvalue weighted by atomic mass is 19.1. The summed E-state index contributed by atoms with van der Waals surface area (Å²) < 4.78 is 21.1.